The van der Waals surface area contributed by atoms with Gasteiger partial charge in [0, 0.05) is 12.8 Å². The number of rotatable bonds is 49. The number of aliphatic hydroxyl groups is 1. The van der Waals surface area contributed by atoms with Gasteiger partial charge < -0.3 is 80.7 Å². The van der Waals surface area contributed by atoms with E-state index in [0.29, 0.717) is 211 Å². The maximum absolute atomic E-state index is 11.9. The van der Waals surface area contributed by atoms with Gasteiger partial charge in [-0.15, -0.1) is 0 Å². The van der Waals surface area contributed by atoms with Gasteiger partial charge in [-0.3, -0.25) is 4.57 Å². The molecule has 0 aliphatic rings. The van der Waals surface area contributed by atoms with Crippen molar-refractivity contribution in [2.45, 2.75) is 6.92 Å². The van der Waals surface area contributed by atoms with Crippen molar-refractivity contribution in [3.05, 3.63) is 0 Å². The largest absolute Gasteiger partial charge is 0.394 e. The molecule has 0 amide bonds. The molecule has 0 saturated carbocycles. The van der Waals surface area contributed by atoms with Crippen LogP contribution >= 0.6 is 7.37 Å². The molecule has 0 aromatic rings. The minimum Gasteiger partial charge on any atom is -0.394 e. The molecule has 0 rings (SSSR count). The lowest BCUT2D eigenvalue weighted by molar-refractivity contribution is -0.0301. The highest BCUT2D eigenvalue weighted by molar-refractivity contribution is 7.58. The van der Waals surface area contributed by atoms with Gasteiger partial charge in [-0.2, -0.15) is 0 Å². The molecule has 0 aliphatic carbocycles. The highest BCUT2D eigenvalue weighted by Gasteiger charge is 2.14. The first-order valence-corrected chi connectivity index (χ1v) is 21.4. The van der Waals surface area contributed by atoms with Crippen LogP contribution in [0.1, 0.15) is 6.92 Å². The Hall–Kier alpha value is -0.450. The summed E-state index contributed by atoms with van der Waals surface area (Å²) < 4.78 is 98.5. The number of hydrogen-bond donors (Lipinski definition) is 1. The Balaban J connectivity index is 3.08. The van der Waals surface area contributed by atoms with Crippen LogP contribution in [0.5, 0.6) is 0 Å². The molecule has 1 N–H and O–H groups in total. The standard InChI is InChI=1S/C35H73O18P/c1-3-53-54(2,37)35-34-52-33-32-51-31-30-50-29-28-49-27-26-48-25-24-47-23-22-46-21-20-45-19-18-44-17-16-43-15-14-42-13-12-41-11-10-40-9-8-39-7-6-38-5-4-36/h36H,3-35H2,1-2H3. The lowest BCUT2D eigenvalue weighted by Crippen LogP contribution is -2.16. The lowest BCUT2D eigenvalue weighted by atomic mass is 10.6. The average molecular weight is 813 g/mol. The van der Waals surface area contributed by atoms with E-state index in [9.17, 15) is 4.57 Å². The Morgan fingerprint density at radius 3 is 0.648 bits per heavy atom. The molecule has 326 valence electrons. The molecular formula is C35H73O18P. The van der Waals surface area contributed by atoms with E-state index in [1.165, 1.54) is 0 Å². The maximum atomic E-state index is 11.9. The Bertz CT molecular complexity index is 744. The van der Waals surface area contributed by atoms with Crippen LogP contribution in [-0.2, 0) is 80.1 Å². The first-order chi connectivity index (χ1) is 26.6. The van der Waals surface area contributed by atoms with Gasteiger partial charge in [0.1, 0.15) is 0 Å². The van der Waals surface area contributed by atoms with Gasteiger partial charge in [0.25, 0.3) is 0 Å². The number of aliphatic hydroxyl groups excluding tert-OH is 1. The van der Waals surface area contributed by atoms with Gasteiger partial charge in [0.2, 0.25) is 7.37 Å². The smallest absolute Gasteiger partial charge is 0.202 e. The van der Waals surface area contributed by atoms with Gasteiger partial charge >= 0.3 is 0 Å². The van der Waals surface area contributed by atoms with Crippen molar-refractivity contribution in [2.75, 3.05) is 224 Å². The third-order valence-corrected chi connectivity index (χ3v) is 8.29. The zero-order valence-electron chi connectivity index (χ0n) is 33.2. The summed E-state index contributed by atoms with van der Waals surface area (Å²) in [5, 5.41) is 8.59. The second-order valence-electron chi connectivity index (χ2n) is 11.1. The molecule has 0 aromatic carbocycles. The second kappa shape index (κ2) is 46.9. The van der Waals surface area contributed by atoms with E-state index in [2.05, 4.69) is 0 Å². The molecule has 0 fully saturated rings. The summed E-state index contributed by atoms with van der Waals surface area (Å²) in [6, 6.07) is 0. The third kappa shape index (κ3) is 47.7. The van der Waals surface area contributed by atoms with Crippen molar-refractivity contribution < 1.29 is 85.2 Å². The summed E-state index contributed by atoms with van der Waals surface area (Å²) >= 11 is 0. The van der Waals surface area contributed by atoms with Crippen molar-refractivity contribution >= 4 is 7.37 Å². The molecular weight excluding hydrogens is 739 g/mol. The summed E-state index contributed by atoms with van der Waals surface area (Å²) in [5.74, 6) is 0. The summed E-state index contributed by atoms with van der Waals surface area (Å²) in [6.45, 7) is 18.3. The molecule has 18 nitrogen and oxygen atoms in total. The van der Waals surface area contributed by atoms with Crippen LogP contribution in [0.25, 0.3) is 0 Å². The maximum Gasteiger partial charge on any atom is 0.202 e. The molecule has 0 bridgehead atoms. The van der Waals surface area contributed by atoms with E-state index in [-0.39, 0.29) is 6.61 Å². The number of ether oxygens (including phenoxy) is 15. The van der Waals surface area contributed by atoms with Crippen molar-refractivity contribution in [3.63, 3.8) is 0 Å². The van der Waals surface area contributed by atoms with E-state index >= 15 is 0 Å². The van der Waals surface area contributed by atoms with Crippen LogP contribution in [0, 0.1) is 0 Å². The predicted molar refractivity (Wildman–Crippen MR) is 199 cm³/mol. The summed E-state index contributed by atoms with van der Waals surface area (Å²) in [7, 11) is -2.53. The van der Waals surface area contributed by atoms with Crippen LogP contribution in [0.15, 0.2) is 0 Å². The van der Waals surface area contributed by atoms with Gasteiger partial charge in [-0.1, -0.05) is 0 Å². The van der Waals surface area contributed by atoms with Gasteiger partial charge in [-0.05, 0) is 6.92 Å². The van der Waals surface area contributed by atoms with Crippen LogP contribution in [0.4, 0.5) is 0 Å². The van der Waals surface area contributed by atoms with Crippen LogP contribution in [0.2, 0.25) is 0 Å². The Kier molecular flexibility index (Phi) is 46.5. The van der Waals surface area contributed by atoms with Crippen LogP contribution < -0.4 is 0 Å². The van der Waals surface area contributed by atoms with E-state index in [0.717, 1.165) is 0 Å². The molecule has 0 heterocycles. The minimum absolute atomic E-state index is 0.0206. The molecule has 19 heteroatoms. The zero-order chi connectivity index (χ0) is 39.1. The van der Waals surface area contributed by atoms with Gasteiger partial charge in [0.15, 0.2) is 0 Å². The molecule has 54 heavy (non-hydrogen) atoms. The Morgan fingerprint density at radius 1 is 0.315 bits per heavy atom. The van der Waals surface area contributed by atoms with Gasteiger partial charge in [-0.25, -0.2) is 0 Å². The van der Waals surface area contributed by atoms with Crippen molar-refractivity contribution in [2.24, 2.45) is 0 Å². The normalized spacial score (nSPS) is 12.9. The fourth-order valence-corrected chi connectivity index (χ4v) is 4.95. The molecule has 0 aromatic heterocycles. The highest BCUT2D eigenvalue weighted by atomic mass is 31.2. The summed E-state index contributed by atoms with van der Waals surface area (Å²) in [6.07, 6.45) is 0.412. The third-order valence-electron chi connectivity index (χ3n) is 6.49. The van der Waals surface area contributed by atoms with Crippen molar-refractivity contribution in [1.82, 2.24) is 0 Å². The van der Waals surface area contributed by atoms with E-state index in [4.69, 9.17) is 80.7 Å². The van der Waals surface area contributed by atoms with Crippen molar-refractivity contribution in [1.29, 1.82) is 0 Å². The zero-order valence-corrected chi connectivity index (χ0v) is 34.1. The van der Waals surface area contributed by atoms with E-state index < -0.39 is 7.37 Å². The Morgan fingerprint density at radius 2 is 0.481 bits per heavy atom. The summed E-state index contributed by atoms with van der Waals surface area (Å²) in [4.78, 5) is 0. The SMILES string of the molecule is CCOP(C)(=O)CCOCCOCCOCCOCCOCCOCCOCCOCCOCCOCCOCCOCCOCCOCCOCCO. The second-order valence-corrected chi connectivity index (χ2v) is 13.8. The van der Waals surface area contributed by atoms with E-state index in [1.807, 2.05) is 6.92 Å². The topological polar surface area (TPSA) is 185 Å². The molecule has 1 atom stereocenters. The molecule has 0 aliphatic heterocycles. The molecule has 0 spiro atoms. The molecule has 0 saturated heterocycles. The molecule has 0 radical (unpaired) electrons. The highest BCUT2D eigenvalue weighted by Crippen LogP contribution is 2.41. The minimum atomic E-state index is -2.53. The predicted octanol–water partition coefficient (Wildman–Crippen LogP) is 1.17. The quantitative estimate of drug-likeness (QED) is 0.0682. The molecule has 1 unspecified atom stereocenters. The lowest BCUT2D eigenvalue weighted by Gasteiger charge is -2.12. The Labute approximate surface area is 323 Å². The fraction of sp³-hybridized carbons (Fsp3) is 1.00. The van der Waals surface area contributed by atoms with Crippen LogP contribution in [0.3, 0.4) is 0 Å². The first-order valence-electron chi connectivity index (χ1n) is 19.1. The number of hydrogen-bond acceptors (Lipinski definition) is 18. The van der Waals surface area contributed by atoms with Gasteiger partial charge in [0.05, 0.1) is 211 Å². The fourth-order valence-electron chi connectivity index (χ4n) is 3.81. The van der Waals surface area contributed by atoms with Crippen LogP contribution in [-0.4, -0.2) is 229 Å². The van der Waals surface area contributed by atoms with Crippen molar-refractivity contribution in [3.8, 4) is 0 Å². The van der Waals surface area contributed by atoms with E-state index in [1.54, 1.807) is 6.66 Å². The monoisotopic (exact) mass is 812 g/mol. The first kappa shape index (κ1) is 53.6. The average Bonchev–Trinajstić information content (AvgIpc) is 3.16. The summed E-state index contributed by atoms with van der Waals surface area (Å²) in [5.41, 5.74) is 0.